The van der Waals surface area contributed by atoms with Gasteiger partial charge in [0, 0.05) is 19.2 Å². The fraction of sp³-hybridized carbons (Fsp3) is 0.368. The van der Waals surface area contributed by atoms with Gasteiger partial charge in [0.1, 0.15) is 5.75 Å². The molecular weight excluding hydrogens is 322 g/mol. The smallest absolute Gasteiger partial charge is 0.307 e. The number of hydrogen-bond donors (Lipinski definition) is 1. The highest BCUT2D eigenvalue weighted by Gasteiger charge is 2.59. The van der Waals surface area contributed by atoms with E-state index < -0.39 is 5.97 Å². The molecule has 0 radical (unpaired) electrons. The zero-order chi connectivity index (χ0) is 17.4. The van der Waals surface area contributed by atoms with Crippen LogP contribution in [0.3, 0.4) is 0 Å². The molecule has 1 aliphatic carbocycles. The summed E-state index contributed by atoms with van der Waals surface area (Å²) in [6.07, 6.45) is 2.22. The van der Waals surface area contributed by atoms with Crippen LogP contribution in [0.4, 0.5) is 0 Å². The minimum atomic E-state index is -0.714. The molecule has 1 amide bonds. The molecule has 6 nitrogen and oxygen atoms in total. The van der Waals surface area contributed by atoms with Gasteiger partial charge in [-0.05, 0) is 42.9 Å². The van der Waals surface area contributed by atoms with Crippen molar-refractivity contribution >= 4 is 11.9 Å². The van der Waals surface area contributed by atoms with Crippen LogP contribution in [0.15, 0.2) is 46.9 Å². The Balaban J connectivity index is 1.37. The van der Waals surface area contributed by atoms with Crippen LogP contribution in [0.25, 0.3) is 0 Å². The van der Waals surface area contributed by atoms with Crippen LogP contribution >= 0.6 is 0 Å². The lowest BCUT2D eigenvalue weighted by molar-refractivity contribution is -0.139. The number of hydrogen-bond acceptors (Lipinski definition) is 4. The van der Waals surface area contributed by atoms with Crippen molar-refractivity contribution in [1.82, 2.24) is 4.90 Å². The van der Waals surface area contributed by atoms with E-state index in [0.29, 0.717) is 18.8 Å². The first-order valence-corrected chi connectivity index (χ1v) is 8.42. The number of aliphatic carboxylic acids is 1. The van der Waals surface area contributed by atoms with Crippen molar-refractivity contribution in [2.45, 2.75) is 19.3 Å². The van der Waals surface area contributed by atoms with Crippen LogP contribution in [0.1, 0.15) is 29.8 Å². The summed E-state index contributed by atoms with van der Waals surface area (Å²) in [5.41, 5.74) is -0.0899. The predicted molar refractivity (Wildman–Crippen MR) is 88.5 cm³/mol. The van der Waals surface area contributed by atoms with E-state index in [1.165, 1.54) is 0 Å². The van der Waals surface area contributed by atoms with E-state index in [4.69, 9.17) is 14.3 Å². The van der Waals surface area contributed by atoms with Crippen molar-refractivity contribution < 1.29 is 23.8 Å². The van der Waals surface area contributed by atoms with Gasteiger partial charge in [-0.2, -0.15) is 0 Å². The Bertz CT molecular complexity index is 789. The number of furan rings is 1. The Kier molecular flexibility index (Phi) is 3.75. The maximum absolute atomic E-state index is 12.6. The molecule has 1 unspecified atom stereocenters. The van der Waals surface area contributed by atoms with Gasteiger partial charge in [0.25, 0.3) is 11.9 Å². The van der Waals surface area contributed by atoms with Gasteiger partial charge in [-0.25, -0.2) is 0 Å². The molecule has 2 aromatic rings. The second-order valence-corrected chi connectivity index (χ2v) is 6.78. The van der Waals surface area contributed by atoms with Crippen LogP contribution in [0.2, 0.25) is 0 Å². The van der Waals surface area contributed by atoms with Gasteiger partial charge >= 0.3 is 5.97 Å². The van der Waals surface area contributed by atoms with Crippen LogP contribution < -0.4 is 4.74 Å². The number of piperidine rings is 1. The van der Waals surface area contributed by atoms with Gasteiger partial charge in [0.2, 0.25) is 0 Å². The number of likely N-dealkylation sites (tertiary alicyclic amines) is 1. The Morgan fingerprint density at radius 3 is 2.48 bits per heavy atom. The molecule has 25 heavy (non-hydrogen) atoms. The molecule has 4 rings (SSSR count). The van der Waals surface area contributed by atoms with Crippen molar-refractivity contribution in [3.8, 4) is 11.7 Å². The summed E-state index contributed by atoms with van der Waals surface area (Å²) in [4.78, 5) is 25.4. The average molecular weight is 341 g/mol. The molecule has 2 aliphatic rings. The number of benzene rings is 1. The van der Waals surface area contributed by atoms with E-state index in [0.717, 1.165) is 19.3 Å². The fourth-order valence-electron chi connectivity index (χ4n) is 3.66. The minimum Gasteiger partial charge on any atom is -0.481 e. The number of ether oxygens (including phenoxy) is 1. The van der Waals surface area contributed by atoms with Crippen LogP contribution in [-0.4, -0.2) is 35.0 Å². The van der Waals surface area contributed by atoms with Crippen molar-refractivity contribution in [1.29, 1.82) is 0 Å². The van der Waals surface area contributed by atoms with E-state index in [1.54, 1.807) is 17.0 Å². The number of carbonyl (C=O) groups excluding carboxylic acids is 1. The zero-order valence-corrected chi connectivity index (χ0v) is 13.7. The SMILES string of the molecule is O=C(O)C1CC12CCN(C(=O)c1ccc(Oc3ccccc3)o1)CC2. The van der Waals surface area contributed by atoms with Gasteiger partial charge in [-0.15, -0.1) is 0 Å². The van der Waals surface area contributed by atoms with Crippen LogP contribution in [0, 0.1) is 11.3 Å². The number of carboxylic acid groups (broad SMARTS) is 1. The maximum Gasteiger partial charge on any atom is 0.307 e. The Hall–Kier alpha value is -2.76. The molecule has 1 aromatic heterocycles. The van der Waals surface area contributed by atoms with E-state index in [2.05, 4.69) is 0 Å². The molecular formula is C19H19NO5. The molecule has 1 saturated carbocycles. The van der Waals surface area contributed by atoms with Crippen molar-refractivity contribution in [3.05, 3.63) is 48.2 Å². The molecule has 1 aliphatic heterocycles. The topological polar surface area (TPSA) is 80.0 Å². The van der Waals surface area contributed by atoms with E-state index in [-0.39, 0.29) is 28.9 Å². The number of nitrogens with zero attached hydrogens (tertiary/aromatic N) is 1. The van der Waals surface area contributed by atoms with Crippen LogP contribution in [0.5, 0.6) is 11.7 Å². The number of rotatable bonds is 4. The first kappa shape index (κ1) is 15.7. The first-order chi connectivity index (χ1) is 12.1. The molecule has 1 spiro atoms. The summed E-state index contributed by atoms with van der Waals surface area (Å²) in [6.45, 7) is 1.14. The lowest BCUT2D eigenvalue weighted by atomic mass is 9.90. The largest absolute Gasteiger partial charge is 0.481 e. The third-order valence-corrected chi connectivity index (χ3v) is 5.29. The van der Waals surface area contributed by atoms with Gasteiger partial charge in [-0.1, -0.05) is 18.2 Å². The number of para-hydroxylation sites is 1. The van der Waals surface area contributed by atoms with Gasteiger partial charge in [0.15, 0.2) is 5.76 Å². The average Bonchev–Trinajstić information content (AvgIpc) is 3.12. The lowest BCUT2D eigenvalue weighted by Gasteiger charge is -2.32. The molecule has 1 aromatic carbocycles. The van der Waals surface area contributed by atoms with E-state index in [1.807, 2.05) is 30.3 Å². The molecule has 1 N–H and O–H groups in total. The fourth-order valence-corrected chi connectivity index (χ4v) is 3.66. The Morgan fingerprint density at radius 2 is 1.84 bits per heavy atom. The van der Waals surface area contributed by atoms with Crippen molar-refractivity contribution in [2.75, 3.05) is 13.1 Å². The molecule has 6 heteroatoms. The lowest BCUT2D eigenvalue weighted by Crippen LogP contribution is -2.39. The van der Waals surface area contributed by atoms with Crippen LogP contribution in [-0.2, 0) is 4.79 Å². The number of carbonyl (C=O) groups is 2. The highest BCUT2D eigenvalue weighted by molar-refractivity contribution is 5.91. The van der Waals surface area contributed by atoms with Crippen molar-refractivity contribution in [3.63, 3.8) is 0 Å². The third kappa shape index (κ3) is 2.99. The normalized spacial score (nSPS) is 21.1. The maximum atomic E-state index is 12.6. The second-order valence-electron chi connectivity index (χ2n) is 6.78. The third-order valence-electron chi connectivity index (χ3n) is 5.29. The molecule has 0 bridgehead atoms. The summed E-state index contributed by atoms with van der Waals surface area (Å²) in [5.74, 6) is 0.0332. The summed E-state index contributed by atoms with van der Waals surface area (Å²) in [7, 11) is 0. The van der Waals surface area contributed by atoms with Gasteiger partial charge in [-0.3, -0.25) is 9.59 Å². The zero-order valence-electron chi connectivity index (χ0n) is 13.7. The van der Waals surface area contributed by atoms with Crippen molar-refractivity contribution in [2.24, 2.45) is 11.3 Å². The number of amides is 1. The summed E-state index contributed by atoms with van der Waals surface area (Å²) in [5, 5.41) is 9.14. The standard InChI is InChI=1S/C19H19NO5/c21-17(20-10-8-19(9-11-20)12-14(19)18(22)23)15-6-7-16(25-15)24-13-4-2-1-3-5-13/h1-7,14H,8-12H2,(H,22,23). The molecule has 1 saturated heterocycles. The quantitative estimate of drug-likeness (QED) is 0.922. The predicted octanol–water partition coefficient (Wildman–Crippen LogP) is 3.40. The highest BCUT2D eigenvalue weighted by atomic mass is 16.6. The minimum absolute atomic E-state index is 0.0899. The Morgan fingerprint density at radius 1 is 1.12 bits per heavy atom. The van der Waals surface area contributed by atoms with Gasteiger partial charge < -0.3 is 19.2 Å². The highest BCUT2D eigenvalue weighted by Crippen LogP contribution is 2.59. The molecule has 1 atom stereocenters. The van der Waals surface area contributed by atoms with Gasteiger partial charge in [0.05, 0.1) is 5.92 Å². The second kappa shape index (κ2) is 5.95. The molecule has 2 fully saturated rings. The summed E-state index contributed by atoms with van der Waals surface area (Å²) < 4.78 is 11.1. The number of carboxylic acids is 1. The van der Waals surface area contributed by atoms with E-state index >= 15 is 0 Å². The van der Waals surface area contributed by atoms with E-state index in [9.17, 15) is 9.59 Å². The first-order valence-electron chi connectivity index (χ1n) is 8.42. The monoisotopic (exact) mass is 341 g/mol. The molecule has 130 valence electrons. The molecule has 2 heterocycles. The summed E-state index contributed by atoms with van der Waals surface area (Å²) in [6, 6.07) is 12.5. The Labute approximate surface area is 145 Å². The summed E-state index contributed by atoms with van der Waals surface area (Å²) >= 11 is 0.